The molecule has 0 aliphatic rings. The summed E-state index contributed by atoms with van der Waals surface area (Å²) in [6.45, 7) is 5.76. The molecule has 0 nitrogen and oxygen atoms in total. The molecule has 0 aromatic carbocycles. The molecule has 0 amide bonds. The van der Waals surface area contributed by atoms with Gasteiger partial charge in [-0.15, -0.1) is 11.6 Å². The summed E-state index contributed by atoms with van der Waals surface area (Å²) >= 11 is 5.41. The average Bonchev–Trinajstić information content (AvgIpc) is 1.65. The zero-order chi connectivity index (χ0) is 4.99. The highest BCUT2D eigenvalue weighted by Crippen LogP contribution is 2.00. The van der Waals surface area contributed by atoms with Gasteiger partial charge in [-0.3, -0.25) is 0 Å². The summed E-state index contributed by atoms with van der Waals surface area (Å²) in [7, 11) is 0. The van der Waals surface area contributed by atoms with Gasteiger partial charge in [0.1, 0.15) is 0 Å². The number of rotatable bonds is 2. The van der Waals surface area contributed by atoms with Gasteiger partial charge in [-0.1, -0.05) is 13.8 Å². The average molecular weight is 106 g/mol. The van der Waals surface area contributed by atoms with Gasteiger partial charge in [-0.05, 0) is 12.3 Å². The third-order valence-corrected chi connectivity index (χ3v) is 1.28. The van der Waals surface area contributed by atoms with Gasteiger partial charge in [0.2, 0.25) is 0 Å². The van der Waals surface area contributed by atoms with Crippen molar-refractivity contribution in [3.8, 4) is 0 Å². The van der Waals surface area contributed by atoms with Crippen LogP contribution in [0.5, 0.6) is 0 Å². The Hall–Kier alpha value is 0.290. The van der Waals surface area contributed by atoms with Crippen LogP contribution in [0.15, 0.2) is 0 Å². The van der Waals surface area contributed by atoms with Crippen molar-refractivity contribution in [1.29, 1.82) is 0 Å². The smallest absolute Gasteiger partial charge is 0.0249 e. The quantitative estimate of drug-likeness (QED) is 0.472. The van der Waals surface area contributed by atoms with Crippen LogP contribution in [-0.2, 0) is 0 Å². The maximum Gasteiger partial charge on any atom is 0.0249 e. The van der Waals surface area contributed by atoms with Gasteiger partial charge >= 0.3 is 0 Å². The fourth-order valence-electron chi connectivity index (χ4n) is 0.0772. The minimum absolute atomic E-state index is 0.590. The van der Waals surface area contributed by atoms with Gasteiger partial charge < -0.3 is 0 Å². The predicted molar refractivity (Wildman–Crippen MR) is 29.9 cm³/mol. The lowest BCUT2D eigenvalue weighted by Gasteiger charge is -1.96. The Morgan fingerprint density at radius 2 is 2.33 bits per heavy atom. The van der Waals surface area contributed by atoms with Gasteiger partial charge in [-0.25, -0.2) is 0 Å². The molecule has 0 saturated heterocycles. The molecule has 0 fully saturated rings. The number of alkyl halides is 1. The molecule has 1 atom stereocenters. The van der Waals surface area contributed by atoms with Gasteiger partial charge in [0.15, 0.2) is 0 Å². The van der Waals surface area contributed by atoms with E-state index in [2.05, 4.69) is 13.8 Å². The first-order valence-corrected chi connectivity index (χ1v) is 2.70. The minimum Gasteiger partial charge on any atom is -0.126 e. The molecule has 0 aromatic rings. The Bertz CT molecular complexity index is 23.1. The molecular weight excluding hydrogens is 95.5 g/mol. The molecule has 0 N–H and O–H groups in total. The molecule has 0 spiro atoms. The summed E-state index contributed by atoms with van der Waals surface area (Å²) in [5.74, 6) is 1.33. The van der Waals surface area contributed by atoms with Gasteiger partial charge in [-0.2, -0.15) is 0 Å². The van der Waals surface area contributed by atoms with Crippen LogP contribution >= 0.6 is 11.6 Å². The van der Waals surface area contributed by atoms with Crippen LogP contribution in [0.4, 0.5) is 0 Å². The molecule has 0 saturated carbocycles. The predicted octanol–water partition coefficient (Wildman–Crippen LogP) is 2.09. The number of halogens is 1. The molecule has 6 heavy (non-hydrogen) atoms. The Morgan fingerprint density at radius 1 is 1.83 bits per heavy atom. The van der Waals surface area contributed by atoms with Crippen molar-refractivity contribution in [3.05, 3.63) is 6.92 Å². The van der Waals surface area contributed by atoms with E-state index >= 15 is 0 Å². The van der Waals surface area contributed by atoms with Gasteiger partial charge in [0, 0.05) is 5.88 Å². The molecule has 1 heteroatoms. The fourth-order valence-corrected chi connectivity index (χ4v) is 0.231. The maximum atomic E-state index is 5.41. The van der Waals surface area contributed by atoms with E-state index in [0.717, 1.165) is 12.3 Å². The lowest BCUT2D eigenvalue weighted by atomic mass is 10.2. The lowest BCUT2D eigenvalue weighted by molar-refractivity contribution is 0.669. The van der Waals surface area contributed by atoms with E-state index in [1.165, 1.54) is 0 Å². The highest BCUT2D eigenvalue weighted by atomic mass is 35.5. The first kappa shape index (κ1) is 6.29. The second-order valence-corrected chi connectivity index (χ2v) is 1.86. The normalized spacial score (nSPS) is 14.5. The van der Waals surface area contributed by atoms with E-state index < -0.39 is 0 Å². The third kappa shape index (κ3) is 2.52. The highest BCUT2D eigenvalue weighted by Gasteiger charge is 1.90. The molecule has 0 aromatic heterocycles. The van der Waals surface area contributed by atoms with Gasteiger partial charge in [0.05, 0.1) is 0 Å². The van der Waals surface area contributed by atoms with Crippen LogP contribution in [0.25, 0.3) is 0 Å². The zero-order valence-electron chi connectivity index (χ0n) is 4.08. The van der Waals surface area contributed by atoms with Crippen LogP contribution < -0.4 is 0 Å². The van der Waals surface area contributed by atoms with E-state index in [1.807, 2.05) is 0 Å². The second kappa shape index (κ2) is 3.48. The molecule has 0 bridgehead atoms. The topological polar surface area (TPSA) is 0 Å². The largest absolute Gasteiger partial charge is 0.126 e. The zero-order valence-corrected chi connectivity index (χ0v) is 4.83. The first-order chi connectivity index (χ1) is 2.81. The fraction of sp³-hybridized carbons (Fsp3) is 0.800. The Labute approximate surface area is 44.5 Å². The van der Waals surface area contributed by atoms with Crippen molar-refractivity contribution < 1.29 is 0 Å². The lowest BCUT2D eigenvalue weighted by Crippen LogP contribution is -1.90. The van der Waals surface area contributed by atoms with E-state index in [1.54, 1.807) is 0 Å². The summed E-state index contributed by atoms with van der Waals surface area (Å²) in [5, 5.41) is 0. The molecule has 0 aliphatic heterocycles. The third-order valence-electron chi connectivity index (χ3n) is 0.756. The SMILES string of the molecule is [CH2]CC(C)CCl. The van der Waals surface area contributed by atoms with Crippen molar-refractivity contribution >= 4 is 11.6 Å². The van der Waals surface area contributed by atoms with Crippen molar-refractivity contribution in [2.24, 2.45) is 5.92 Å². The van der Waals surface area contributed by atoms with Crippen molar-refractivity contribution in [3.63, 3.8) is 0 Å². The van der Waals surface area contributed by atoms with Crippen LogP contribution in [0.3, 0.4) is 0 Å². The van der Waals surface area contributed by atoms with Crippen LogP contribution in [0.1, 0.15) is 13.3 Å². The van der Waals surface area contributed by atoms with E-state index in [4.69, 9.17) is 11.6 Å². The summed E-state index contributed by atoms with van der Waals surface area (Å²) in [6, 6.07) is 0. The standard InChI is InChI=1S/C5H10Cl/c1-3-5(2)4-6/h5H,1,3-4H2,2H3. The number of hydrogen-bond acceptors (Lipinski definition) is 0. The van der Waals surface area contributed by atoms with Crippen LogP contribution in [0.2, 0.25) is 0 Å². The second-order valence-electron chi connectivity index (χ2n) is 1.55. The van der Waals surface area contributed by atoms with Crippen molar-refractivity contribution in [2.45, 2.75) is 13.3 Å². The Kier molecular flexibility index (Phi) is 3.65. The monoisotopic (exact) mass is 105 g/mol. The maximum absolute atomic E-state index is 5.41. The summed E-state index contributed by atoms with van der Waals surface area (Å²) in [4.78, 5) is 0. The number of hydrogen-bond donors (Lipinski definition) is 0. The molecule has 1 radical (unpaired) electrons. The van der Waals surface area contributed by atoms with E-state index in [-0.39, 0.29) is 0 Å². The van der Waals surface area contributed by atoms with Crippen molar-refractivity contribution in [1.82, 2.24) is 0 Å². The first-order valence-electron chi connectivity index (χ1n) is 2.16. The minimum atomic E-state index is 0.590. The Morgan fingerprint density at radius 3 is 2.33 bits per heavy atom. The molecule has 0 heterocycles. The summed E-state index contributed by atoms with van der Waals surface area (Å²) in [5.41, 5.74) is 0. The molecule has 37 valence electrons. The highest BCUT2D eigenvalue weighted by molar-refractivity contribution is 6.18. The molecule has 0 aliphatic carbocycles. The Balaban J connectivity index is 2.75. The summed E-state index contributed by atoms with van der Waals surface area (Å²) < 4.78 is 0. The van der Waals surface area contributed by atoms with Crippen molar-refractivity contribution in [2.75, 3.05) is 5.88 Å². The molecule has 0 rings (SSSR count). The summed E-state index contributed by atoms with van der Waals surface area (Å²) in [6.07, 6.45) is 0.948. The van der Waals surface area contributed by atoms with Gasteiger partial charge in [0.25, 0.3) is 0 Å². The van der Waals surface area contributed by atoms with E-state index in [9.17, 15) is 0 Å². The van der Waals surface area contributed by atoms with E-state index in [0.29, 0.717) is 5.92 Å². The molecule has 1 unspecified atom stereocenters. The van der Waals surface area contributed by atoms with Crippen LogP contribution in [0, 0.1) is 12.8 Å². The van der Waals surface area contributed by atoms with Crippen LogP contribution in [-0.4, -0.2) is 5.88 Å². The molecular formula is C5H10Cl.